The maximum Gasteiger partial charge on any atom is 0.335 e. The van der Waals surface area contributed by atoms with E-state index in [1.54, 1.807) is 31.2 Å². The van der Waals surface area contributed by atoms with Crippen molar-refractivity contribution in [1.82, 2.24) is 0 Å². The monoisotopic (exact) mass is 280 g/mol. The van der Waals surface area contributed by atoms with Crippen molar-refractivity contribution in [2.75, 3.05) is 6.61 Å². The second-order valence-corrected chi connectivity index (χ2v) is 5.77. The van der Waals surface area contributed by atoms with Gasteiger partial charge in [0.2, 0.25) is 0 Å². The van der Waals surface area contributed by atoms with Gasteiger partial charge in [0.15, 0.2) is 0 Å². The highest BCUT2D eigenvalue weighted by molar-refractivity contribution is 5.87. The molecule has 110 valence electrons. The highest BCUT2D eigenvalue weighted by Gasteiger charge is 2.45. The third-order valence-electron chi connectivity index (χ3n) is 4.04. The Balaban J connectivity index is 2.18. The zero-order valence-corrected chi connectivity index (χ0v) is 11.7. The highest BCUT2D eigenvalue weighted by Crippen LogP contribution is 2.42. The number of carboxylic acid groups (broad SMARTS) is 1. The first kappa shape index (κ1) is 15.0. The Morgan fingerprint density at radius 1 is 1.45 bits per heavy atom. The van der Waals surface area contributed by atoms with Crippen molar-refractivity contribution in [3.8, 4) is 0 Å². The zero-order valence-electron chi connectivity index (χ0n) is 11.7. The van der Waals surface area contributed by atoms with Crippen LogP contribution in [0.4, 0.5) is 0 Å². The van der Waals surface area contributed by atoms with Crippen LogP contribution in [0.15, 0.2) is 24.3 Å². The molecule has 0 aliphatic carbocycles. The number of ether oxygens (including phenoxy) is 1. The first-order valence-electron chi connectivity index (χ1n) is 6.63. The molecule has 1 saturated heterocycles. The average Bonchev–Trinajstić information content (AvgIpc) is 2.83. The molecule has 1 aliphatic heterocycles. The molecular formula is C15H20O5. The fourth-order valence-electron chi connectivity index (χ4n) is 2.56. The molecule has 0 amide bonds. The summed E-state index contributed by atoms with van der Waals surface area (Å²) in [5.41, 5.74) is -0.729. The van der Waals surface area contributed by atoms with Gasteiger partial charge >= 0.3 is 5.97 Å². The van der Waals surface area contributed by atoms with Crippen LogP contribution in [-0.2, 0) is 10.3 Å². The normalized spacial score (nSPS) is 29.1. The Bertz CT molecular complexity index is 493. The molecule has 3 N–H and O–H groups in total. The number of carboxylic acids is 1. The number of rotatable bonds is 4. The number of benzene rings is 1. The van der Waals surface area contributed by atoms with E-state index in [-0.39, 0.29) is 12.2 Å². The van der Waals surface area contributed by atoms with Crippen molar-refractivity contribution >= 4 is 5.97 Å². The first-order valence-corrected chi connectivity index (χ1v) is 6.63. The van der Waals surface area contributed by atoms with Gasteiger partial charge < -0.3 is 20.1 Å². The molecule has 0 unspecified atom stereocenters. The molecule has 0 aromatic heterocycles. The van der Waals surface area contributed by atoms with Gasteiger partial charge in [0, 0.05) is 0 Å². The van der Waals surface area contributed by atoms with Gasteiger partial charge in [0.1, 0.15) is 5.60 Å². The molecule has 0 spiro atoms. The van der Waals surface area contributed by atoms with Gasteiger partial charge in [-0.2, -0.15) is 0 Å². The topological polar surface area (TPSA) is 87.0 Å². The van der Waals surface area contributed by atoms with E-state index in [1.807, 2.05) is 6.92 Å². The molecule has 5 nitrogen and oxygen atoms in total. The van der Waals surface area contributed by atoms with Gasteiger partial charge in [0.25, 0.3) is 0 Å². The fraction of sp³-hybridized carbons (Fsp3) is 0.533. The van der Waals surface area contributed by atoms with Crippen molar-refractivity contribution in [2.45, 2.75) is 44.0 Å². The predicted octanol–water partition coefficient (Wildman–Crippen LogP) is 1.52. The smallest absolute Gasteiger partial charge is 0.335 e. The summed E-state index contributed by atoms with van der Waals surface area (Å²) in [4.78, 5) is 10.8. The Hall–Kier alpha value is -1.43. The number of carbonyl (C=O) groups is 1. The van der Waals surface area contributed by atoms with E-state index >= 15 is 0 Å². The quantitative estimate of drug-likeness (QED) is 0.778. The maximum absolute atomic E-state index is 10.8. The molecule has 1 aromatic rings. The number of hydrogen-bond donors (Lipinski definition) is 3. The van der Waals surface area contributed by atoms with E-state index in [1.165, 1.54) is 0 Å². The van der Waals surface area contributed by atoms with Crippen molar-refractivity contribution in [2.24, 2.45) is 0 Å². The summed E-state index contributed by atoms with van der Waals surface area (Å²) in [6.07, 6.45) is 0.919. The van der Waals surface area contributed by atoms with E-state index in [2.05, 4.69) is 0 Å². The van der Waals surface area contributed by atoms with Gasteiger partial charge in [-0.05, 0) is 44.4 Å². The summed E-state index contributed by atoms with van der Waals surface area (Å²) in [6.45, 7) is 3.11. The molecule has 1 aliphatic rings. The van der Waals surface area contributed by atoms with Gasteiger partial charge in [-0.15, -0.1) is 0 Å². The van der Waals surface area contributed by atoms with Crippen LogP contribution in [0.1, 0.15) is 42.6 Å². The highest BCUT2D eigenvalue weighted by atomic mass is 16.5. The Morgan fingerprint density at radius 3 is 2.55 bits per heavy atom. The van der Waals surface area contributed by atoms with Crippen molar-refractivity contribution < 1.29 is 24.9 Å². The minimum absolute atomic E-state index is 0.231. The lowest BCUT2D eigenvalue weighted by atomic mass is 9.91. The Kier molecular flexibility index (Phi) is 3.86. The average molecular weight is 280 g/mol. The number of aromatic carboxylic acids is 1. The lowest BCUT2D eigenvalue weighted by Crippen LogP contribution is -2.43. The molecular weight excluding hydrogens is 260 g/mol. The van der Waals surface area contributed by atoms with E-state index in [0.29, 0.717) is 12.8 Å². The standard InChI is InChI=1S/C15H20O5/c1-14(19,9-16)12-7-8-15(2,20-12)11-5-3-10(4-6-11)13(17)18/h3-6,12,16,19H,7-9H2,1-2H3,(H,17,18)/t12-,14+,15+/m0/s1. The van der Waals surface area contributed by atoms with Gasteiger partial charge in [0.05, 0.1) is 23.9 Å². The van der Waals surface area contributed by atoms with Gasteiger partial charge in [-0.1, -0.05) is 12.1 Å². The second-order valence-electron chi connectivity index (χ2n) is 5.77. The summed E-state index contributed by atoms with van der Waals surface area (Å²) in [5.74, 6) is -0.963. The molecule has 5 heteroatoms. The largest absolute Gasteiger partial charge is 0.478 e. The summed E-state index contributed by atoms with van der Waals surface area (Å²) in [5, 5.41) is 28.2. The summed E-state index contributed by atoms with van der Waals surface area (Å²) >= 11 is 0. The third-order valence-corrected chi connectivity index (χ3v) is 4.04. The third kappa shape index (κ3) is 2.70. The molecule has 0 bridgehead atoms. The first-order chi connectivity index (χ1) is 9.28. The minimum Gasteiger partial charge on any atom is -0.478 e. The van der Waals surface area contributed by atoms with E-state index in [9.17, 15) is 15.0 Å². The van der Waals surface area contributed by atoms with Crippen LogP contribution in [0.25, 0.3) is 0 Å². The molecule has 3 atom stereocenters. The summed E-state index contributed by atoms with van der Waals surface area (Å²) in [7, 11) is 0. The summed E-state index contributed by atoms with van der Waals surface area (Å²) in [6, 6.07) is 6.56. The fourth-order valence-corrected chi connectivity index (χ4v) is 2.56. The van der Waals surface area contributed by atoms with Crippen LogP contribution < -0.4 is 0 Å². The van der Waals surface area contributed by atoms with Gasteiger partial charge in [-0.3, -0.25) is 0 Å². The van der Waals surface area contributed by atoms with Gasteiger partial charge in [-0.25, -0.2) is 4.79 Å². The molecule has 1 heterocycles. The van der Waals surface area contributed by atoms with Crippen molar-refractivity contribution in [3.63, 3.8) is 0 Å². The Labute approximate surface area is 117 Å². The second kappa shape index (κ2) is 5.16. The molecule has 1 fully saturated rings. The molecule has 20 heavy (non-hydrogen) atoms. The van der Waals surface area contributed by atoms with Crippen LogP contribution in [0.2, 0.25) is 0 Å². The Morgan fingerprint density at radius 2 is 2.05 bits per heavy atom. The van der Waals surface area contributed by atoms with E-state index in [4.69, 9.17) is 9.84 Å². The van der Waals surface area contributed by atoms with E-state index in [0.717, 1.165) is 5.56 Å². The number of aliphatic hydroxyl groups excluding tert-OH is 1. The number of hydrogen-bond acceptors (Lipinski definition) is 4. The van der Waals surface area contributed by atoms with E-state index < -0.39 is 23.3 Å². The van der Waals surface area contributed by atoms with Crippen molar-refractivity contribution in [3.05, 3.63) is 35.4 Å². The van der Waals surface area contributed by atoms with Crippen LogP contribution >= 0.6 is 0 Å². The maximum atomic E-state index is 10.8. The van der Waals surface area contributed by atoms with Crippen LogP contribution in [0, 0.1) is 0 Å². The lowest BCUT2D eigenvalue weighted by Gasteiger charge is -2.31. The minimum atomic E-state index is -1.27. The summed E-state index contributed by atoms with van der Waals surface area (Å²) < 4.78 is 5.93. The van der Waals surface area contributed by atoms with Crippen LogP contribution in [0.5, 0.6) is 0 Å². The van der Waals surface area contributed by atoms with Crippen LogP contribution in [-0.4, -0.2) is 39.6 Å². The molecule has 0 saturated carbocycles. The zero-order chi connectivity index (χ0) is 15.0. The molecule has 2 rings (SSSR count). The predicted molar refractivity (Wildman–Crippen MR) is 72.6 cm³/mol. The van der Waals surface area contributed by atoms with Crippen molar-refractivity contribution in [1.29, 1.82) is 0 Å². The number of aliphatic hydroxyl groups is 2. The van der Waals surface area contributed by atoms with Crippen LogP contribution in [0.3, 0.4) is 0 Å². The SMILES string of the molecule is C[C@]1(c2ccc(C(=O)O)cc2)CC[C@@H]([C@](C)(O)CO)O1. The molecule has 0 radical (unpaired) electrons. The lowest BCUT2D eigenvalue weighted by molar-refractivity contribution is -0.142. The molecule has 1 aromatic carbocycles.